The van der Waals surface area contributed by atoms with Gasteiger partial charge in [0, 0.05) is 12.2 Å². The second-order valence-electron chi connectivity index (χ2n) is 6.09. The zero-order chi connectivity index (χ0) is 19.3. The summed E-state index contributed by atoms with van der Waals surface area (Å²) in [6.45, 7) is 6.79. The molecule has 0 aromatic heterocycles. The van der Waals surface area contributed by atoms with Crippen LogP contribution in [0.3, 0.4) is 0 Å². The first kappa shape index (κ1) is 19.8. The maximum Gasteiger partial charge on any atom is 0.203 e. The molecule has 140 valence electrons. The monoisotopic (exact) mass is 374 g/mol. The lowest BCUT2D eigenvalue weighted by Gasteiger charge is -2.16. The van der Waals surface area contributed by atoms with E-state index in [9.17, 15) is 0 Å². The maximum absolute atomic E-state index is 5.43. The van der Waals surface area contributed by atoms with Gasteiger partial charge in [-0.05, 0) is 73.4 Å². The van der Waals surface area contributed by atoms with Gasteiger partial charge in [-0.3, -0.25) is 0 Å². The van der Waals surface area contributed by atoms with Crippen molar-refractivity contribution in [3.8, 4) is 17.2 Å². The van der Waals surface area contributed by atoms with Crippen LogP contribution in [0.15, 0.2) is 24.3 Å². The number of hydrogen-bond acceptors (Lipinski definition) is 4. The zero-order valence-electron chi connectivity index (χ0n) is 16.1. The number of methoxy groups -OCH3 is 3. The van der Waals surface area contributed by atoms with E-state index in [0.717, 1.165) is 16.8 Å². The lowest BCUT2D eigenvalue weighted by Crippen LogP contribution is -2.28. The van der Waals surface area contributed by atoms with Crippen LogP contribution in [0.1, 0.15) is 22.3 Å². The third-order valence-electron chi connectivity index (χ3n) is 4.27. The Labute approximate surface area is 160 Å². The number of hydrogen-bond donors (Lipinski definition) is 2. The smallest absolute Gasteiger partial charge is 0.203 e. The molecule has 2 aromatic carbocycles. The number of aryl methyl sites for hydroxylation is 3. The van der Waals surface area contributed by atoms with Crippen LogP contribution in [0.5, 0.6) is 17.2 Å². The molecule has 0 aliphatic heterocycles. The van der Waals surface area contributed by atoms with Crippen molar-refractivity contribution in [2.24, 2.45) is 0 Å². The van der Waals surface area contributed by atoms with Crippen molar-refractivity contribution in [3.05, 3.63) is 46.5 Å². The van der Waals surface area contributed by atoms with Crippen molar-refractivity contribution in [2.45, 2.75) is 27.3 Å². The quantitative estimate of drug-likeness (QED) is 0.742. The van der Waals surface area contributed by atoms with Gasteiger partial charge in [-0.25, -0.2) is 0 Å². The fraction of sp³-hybridized carbons (Fsp3) is 0.350. The highest BCUT2D eigenvalue weighted by Crippen LogP contribution is 2.38. The summed E-state index contributed by atoms with van der Waals surface area (Å²) in [6.07, 6.45) is 0. The number of rotatable bonds is 6. The maximum atomic E-state index is 5.43. The predicted octanol–water partition coefficient (Wildman–Crippen LogP) is 4.12. The summed E-state index contributed by atoms with van der Waals surface area (Å²) < 4.78 is 16.1. The minimum absolute atomic E-state index is 0.534. The molecular formula is C20H26N2O3S. The molecule has 0 amide bonds. The van der Waals surface area contributed by atoms with Gasteiger partial charge in [0.25, 0.3) is 0 Å². The van der Waals surface area contributed by atoms with E-state index in [1.807, 2.05) is 12.1 Å². The van der Waals surface area contributed by atoms with Crippen LogP contribution in [-0.2, 0) is 6.54 Å². The van der Waals surface area contributed by atoms with Crippen LogP contribution in [0.25, 0.3) is 0 Å². The normalized spacial score (nSPS) is 10.2. The summed E-state index contributed by atoms with van der Waals surface area (Å²) in [5.41, 5.74) is 5.64. The number of anilines is 1. The van der Waals surface area contributed by atoms with E-state index in [1.54, 1.807) is 21.3 Å². The molecule has 26 heavy (non-hydrogen) atoms. The first-order valence-electron chi connectivity index (χ1n) is 8.31. The van der Waals surface area contributed by atoms with Crippen LogP contribution in [0, 0.1) is 20.8 Å². The van der Waals surface area contributed by atoms with Gasteiger partial charge < -0.3 is 24.8 Å². The van der Waals surface area contributed by atoms with E-state index in [1.165, 1.54) is 11.1 Å². The zero-order valence-corrected chi connectivity index (χ0v) is 17.0. The summed E-state index contributed by atoms with van der Waals surface area (Å²) in [5.74, 6) is 1.81. The number of benzene rings is 2. The van der Waals surface area contributed by atoms with Crippen molar-refractivity contribution in [3.63, 3.8) is 0 Å². The third kappa shape index (κ3) is 4.58. The lowest BCUT2D eigenvalue weighted by atomic mass is 10.1. The van der Waals surface area contributed by atoms with Gasteiger partial charge in [0.1, 0.15) is 0 Å². The summed E-state index contributed by atoms with van der Waals surface area (Å²) in [6, 6.07) is 8.06. The molecule has 0 bridgehead atoms. The number of ether oxygens (including phenoxy) is 3. The van der Waals surface area contributed by atoms with Gasteiger partial charge in [0.05, 0.1) is 21.3 Å². The van der Waals surface area contributed by atoms with Crippen LogP contribution in [-0.4, -0.2) is 26.4 Å². The molecule has 0 atom stereocenters. The Bertz CT molecular complexity index is 781. The Morgan fingerprint density at radius 2 is 1.42 bits per heavy atom. The molecule has 2 N–H and O–H groups in total. The molecule has 2 rings (SSSR count). The summed E-state index contributed by atoms with van der Waals surface area (Å²) in [7, 11) is 4.79. The lowest BCUT2D eigenvalue weighted by molar-refractivity contribution is 0.323. The van der Waals surface area contributed by atoms with Crippen LogP contribution in [0.2, 0.25) is 0 Å². The molecule has 0 unspecified atom stereocenters. The van der Waals surface area contributed by atoms with E-state index in [0.29, 0.717) is 28.9 Å². The molecular weight excluding hydrogens is 348 g/mol. The van der Waals surface area contributed by atoms with E-state index in [-0.39, 0.29) is 0 Å². The van der Waals surface area contributed by atoms with Crippen molar-refractivity contribution in [1.29, 1.82) is 0 Å². The highest BCUT2D eigenvalue weighted by molar-refractivity contribution is 7.80. The van der Waals surface area contributed by atoms with E-state index in [4.69, 9.17) is 26.4 Å². The third-order valence-corrected chi connectivity index (χ3v) is 4.51. The summed E-state index contributed by atoms with van der Waals surface area (Å²) in [4.78, 5) is 0. The van der Waals surface area contributed by atoms with Gasteiger partial charge in [0.2, 0.25) is 5.75 Å². The Balaban J connectivity index is 2.09. The van der Waals surface area contributed by atoms with E-state index < -0.39 is 0 Å². The van der Waals surface area contributed by atoms with Crippen LogP contribution in [0.4, 0.5) is 5.69 Å². The molecule has 0 aliphatic carbocycles. The Morgan fingerprint density at radius 1 is 0.846 bits per heavy atom. The molecule has 0 spiro atoms. The van der Waals surface area contributed by atoms with Crippen LogP contribution >= 0.6 is 12.2 Å². The topological polar surface area (TPSA) is 51.8 Å². The minimum atomic E-state index is 0.534. The number of nitrogens with one attached hydrogen (secondary N) is 2. The predicted molar refractivity (Wildman–Crippen MR) is 110 cm³/mol. The molecule has 5 nitrogen and oxygen atoms in total. The first-order chi connectivity index (χ1) is 12.4. The molecule has 0 saturated carbocycles. The van der Waals surface area contributed by atoms with Gasteiger partial charge >= 0.3 is 0 Å². The standard InChI is InChI=1S/C20H26N2O3S/c1-12-7-14(3)16(8-13(12)2)22-20(26)21-11-15-9-17(23-4)19(25-6)18(10-15)24-5/h7-10H,11H2,1-6H3,(H2,21,22,26). The second-order valence-corrected chi connectivity index (χ2v) is 6.50. The summed E-state index contributed by atoms with van der Waals surface area (Å²) >= 11 is 5.43. The molecule has 0 aliphatic rings. The van der Waals surface area contributed by atoms with Crippen molar-refractivity contribution in [1.82, 2.24) is 5.32 Å². The van der Waals surface area contributed by atoms with Gasteiger partial charge in [-0.2, -0.15) is 0 Å². The fourth-order valence-electron chi connectivity index (χ4n) is 2.68. The van der Waals surface area contributed by atoms with Gasteiger partial charge in [-0.1, -0.05) is 6.07 Å². The van der Waals surface area contributed by atoms with Gasteiger partial charge in [0.15, 0.2) is 16.6 Å². The Hall–Kier alpha value is -2.47. The minimum Gasteiger partial charge on any atom is -0.493 e. The fourth-order valence-corrected chi connectivity index (χ4v) is 2.86. The summed E-state index contributed by atoms with van der Waals surface area (Å²) in [5, 5.41) is 7.04. The molecule has 0 saturated heterocycles. The van der Waals surface area contributed by atoms with Crippen molar-refractivity contribution >= 4 is 23.0 Å². The highest BCUT2D eigenvalue weighted by atomic mass is 32.1. The molecule has 6 heteroatoms. The van der Waals surface area contributed by atoms with Crippen molar-refractivity contribution in [2.75, 3.05) is 26.6 Å². The molecule has 0 fully saturated rings. The largest absolute Gasteiger partial charge is 0.493 e. The average Bonchev–Trinajstić information content (AvgIpc) is 2.63. The highest BCUT2D eigenvalue weighted by Gasteiger charge is 2.13. The first-order valence-corrected chi connectivity index (χ1v) is 8.72. The molecule has 0 radical (unpaired) electrons. The van der Waals surface area contributed by atoms with Crippen molar-refractivity contribution < 1.29 is 14.2 Å². The van der Waals surface area contributed by atoms with E-state index >= 15 is 0 Å². The second kappa shape index (κ2) is 8.76. The molecule has 0 heterocycles. The van der Waals surface area contributed by atoms with Crippen LogP contribution < -0.4 is 24.8 Å². The number of thiocarbonyl (C=S) groups is 1. The van der Waals surface area contributed by atoms with E-state index in [2.05, 4.69) is 43.5 Å². The Morgan fingerprint density at radius 3 is 1.96 bits per heavy atom. The average molecular weight is 375 g/mol. The van der Waals surface area contributed by atoms with Gasteiger partial charge in [-0.15, -0.1) is 0 Å². The Kier molecular flexibility index (Phi) is 6.69. The molecule has 2 aromatic rings. The SMILES string of the molecule is COc1cc(CNC(=S)Nc2cc(C)c(C)cc2C)cc(OC)c1OC.